The Morgan fingerprint density at radius 1 is 1.36 bits per heavy atom. The monoisotopic (exact) mass is 216 g/mol. The molecule has 0 saturated carbocycles. The fourth-order valence-electron chi connectivity index (χ4n) is 1.11. The molecule has 0 atom stereocenters. The largest absolute Gasteiger partial charge is 0.348 e. The average molecular weight is 217 g/mol. The number of aryl methyl sites for hydroxylation is 1. The van der Waals surface area contributed by atoms with E-state index in [1.165, 1.54) is 0 Å². The molecule has 0 aromatic heterocycles. The molecule has 0 heterocycles. The molecular weight excluding hydrogens is 206 g/mol. The van der Waals surface area contributed by atoms with Crippen LogP contribution in [0, 0.1) is 0 Å². The Bertz CT molecular complexity index is 322. The highest BCUT2D eigenvalue weighted by Crippen LogP contribution is 2.34. The van der Waals surface area contributed by atoms with Gasteiger partial charge in [-0.3, -0.25) is 0 Å². The molecule has 0 amide bonds. The van der Waals surface area contributed by atoms with E-state index in [-0.39, 0.29) is 5.57 Å². The lowest BCUT2D eigenvalue weighted by Gasteiger charge is -2.11. The van der Waals surface area contributed by atoms with Gasteiger partial charge in [0.05, 0.1) is 0 Å². The van der Waals surface area contributed by atoms with Crippen LogP contribution in [0.2, 0.25) is 0 Å². The first kappa shape index (κ1) is 11.2. The Kier molecular flexibility index (Phi) is 3.27. The van der Waals surface area contributed by atoms with Gasteiger partial charge in [-0.1, -0.05) is 37.8 Å². The van der Waals surface area contributed by atoms with E-state index < -0.39 is 5.38 Å². The van der Waals surface area contributed by atoms with Crippen LogP contribution in [0.1, 0.15) is 18.1 Å². The van der Waals surface area contributed by atoms with E-state index >= 15 is 0 Å². The first-order valence-corrected chi connectivity index (χ1v) is 4.68. The maximum atomic E-state index is 12.6. The number of alkyl halides is 3. The van der Waals surface area contributed by atoms with Crippen molar-refractivity contribution >= 4 is 17.2 Å². The molecule has 1 rings (SSSR count). The number of hydrogen-bond donors (Lipinski definition) is 0. The molecule has 0 N–H and O–H groups in total. The van der Waals surface area contributed by atoms with Gasteiger partial charge in [-0.25, -0.2) is 0 Å². The summed E-state index contributed by atoms with van der Waals surface area (Å²) >= 11 is 4.86. The number of hydrogen-bond acceptors (Lipinski definition) is 0. The van der Waals surface area contributed by atoms with Gasteiger partial charge in [0.15, 0.2) is 0 Å². The predicted molar refractivity (Wildman–Crippen MR) is 55.7 cm³/mol. The molecule has 1 aromatic carbocycles. The topological polar surface area (TPSA) is 0 Å². The van der Waals surface area contributed by atoms with E-state index in [1.54, 1.807) is 24.3 Å². The van der Waals surface area contributed by atoms with Crippen LogP contribution in [0.3, 0.4) is 0 Å². The number of halogens is 3. The van der Waals surface area contributed by atoms with Crippen molar-refractivity contribution in [2.75, 3.05) is 0 Å². The lowest BCUT2D eigenvalue weighted by molar-refractivity contribution is 0.165. The highest BCUT2D eigenvalue weighted by molar-refractivity contribution is 6.27. The first-order chi connectivity index (χ1) is 6.45. The first-order valence-electron chi connectivity index (χ1n) is 4.30. The van der Waals surface area contributed by atoms with Gasteiger partial charge in [-0.2, -0.15) is 8.78 Å². The summed E-state index contributed by atoms with van der Waals surface area (Å²) in [6, 6.07) is 6.81. The summed E-state index contributed by atoms with van der Waals surface area (Å²) in [6.07, 6.45) is 0.879. The Morgan fingerprint density at radius 2 is 1.86 bits per heavy atom. The van der Waals surface area contributed by atoms with Crippen LogP contribution in [0.25, 0.3) is 5.57 Å². The second-order valence-corrected chi connectivity index (χ2v) is 3.50. The molecule has 0 fully saturated rings. The molecule has 0 nitrogen and oxygen atoms in total. The van der Waals surface area contributed by atoms with Crippen molar-refractivity contribution in [3.05, 3.63) is 42.0 Å². The second-order valence-electron chi connectivity index (χ2n) is 3.03. The third-order valence-corrected chi connectivity index (χ3v) is 2.28. The Labute approximate surface area is 87.2 Å². The zero-order valence-electron chi connectivity index (χ0n) is 7.86. The highest BCUT2D eigenvalue weighted by atomic mass is 35.5. The van der Waals surface area contributed by atoms with Crippen molar-refractivity contribution in [1.29, 1.82) is 0 Å². The molecule has 0 radical (unpaired) electrons. The molecule has 14 heavy (non-hydrogen) atoms. The van der Waals surface area contributed by atoms with Crippen LogP contribution in [0.5, 0.6) is 0 Å². The fourth-order valence-corrected chi connectivity index (χ4v) is 1.21. The van der Waals surface area contributed by atoms with Crippen LogP contribution < -0.4 is 0 Å². The number of rotatable bonds is 3. The summed E-state index contributed by atoms with van der Waals surface area (Å²) in [4.78, 5) is 0. The smallest absolute Gasteiger partial charge is 0.183 e. The molecule has 3 heteroatoms. The second kappa shape index (κ2) is 4.09. The molecule has 1 aromatic rings. The summed E-state index contributed by atoms with van der Waals surface area (Å²) < 4.78 is 25.3. The Hall–Kier alpha value is -0.890. The molecular formula is C11H11ClF2. The Morgan fingerprint density at radius 3 is 2.21 bits per heavy atom. The molecule has 0 aliphatic heterocycles. The van der Waals surface area contributed by atoms with Crippen LogP contribution in [-0.4, -0.2) is 5.38 Å². The summed E-state index contributed by atoms with van der Waals surface area (Å²) in [5.41, 5.74) is 1.11. The minimum atomic E-state index is -3.37. The SMILES string of the molecule is C=C(c1ccc(CC)cc1)C(F)(F)Cl. The Balaban J connectivity index is 2.93. The third-order valence-electron chi connectivity index (χ3n) is 2.05. The van der Waals surface area contributed by atoms with Gasteiger partial charge in [0.2, 0.25) is 0 Å². The zero-order valence-corrected chi connectivity index (χ0v) is 8.61. The lowest BCUT2D eigenvalue weighted by Crippen LogP contribution is -2.07. The van der Waals surface area contributed by atoms with E-state index in [4.69, 9.17) is 11.6 Å². The van der Waals surface area contributed by atoms with E-state index in [9.17, 15) is 8.78 Å². The fraction of sp³-hybridized carbons (Fsp3) is 0.273. The summed E-state index contributed by atoms with van der Waals surface area (Å²) in [5, 5.41) is -3.37. The predicted octanol–water partition coefficient (Wildman–Crippen LogP) is 4.09. The average Bonchev–Trinajstić information content (AvgIpc) is 2.15. The zero-order chi connectivity index (χ0) is 10.8. The van der Waals surface area contributed by atoms with Crippen molar-refractivity contribution < 1.29 is 8.78 Å². The van der Waals surface area contributed by atoms with E-state index in [1.807, 2.05) is 6.92 Å². The van der Waals surface area contributed by atoms with Gasteiger partial charge in [-0.05, 0) is 29.1 Å². The summed E-state index contributed by atoms with van der Waals surface area (Å²) in [7, 11) is 0. The summed E-state index contributed by atoms with van der Waals surface area (Å²) in [5.74, 6) is 0. The van der Waals surface area contributed by atoms with Gasteiger partial charge < -0.3 is 0 Å². The van der Waals surface area contributed by atoms with Gasteiger partial charge in [-0.15, -0.1) is 0 Å². The standard InChI is InChI=1S/C11H11ClF2/c1-3-9-4-6-10(7-5-9)8(2)11(12,13)14/h4-7H,2-3H2,1H3. The van der Waals surface area contributed by atoms with Crippen molar-refractivity contribution in [2.24, 2.45) is 0 Å². The quantitative estimate of drug-likeness (QED) is 0.668. The van der Waals surface area contributed by atoms with Gasteiger partial charge in [0.1, 0.15) is 0 Å². The molecule has 76 valence electrons. The van der Waals surface area contributed by atoms with E-state index in [2.05, 4.69) is 6.58 Å². The van der Waals surface area contributed by atoms with Crippen LogP contribution in [-0.2, 0) is 6.42 Å². The third kappa shape index (κ3) is 2.55. The van der Waals surface area contributed by atoms with Gasteiger partial charge >= 0.3 is 5.38 Å². The van der Waals surface area contributed by atoms with Crippen molar-refractivity contribution in [3.8, 4) is 0 Å². The number of allylic oxidation sites excluding steroid dienone is 1. The van der Waals surface area contributed by atoms with Crippen LogP contribution in [0.15, 0.2) is 30.8 Å². The van der Waals surface area contributed by atoms with Crippen molar-refractivity contribution in [3.63, 3.8) is 0 Å². The van der Waals surface area contributed by atoms with E-state index in [0.29, 0.717) is 5.56 Å². The molecule has 0 bridgehead atoms. The van der Waals surface area contributed by atoms with Crippen LogP contribution >= 0.6 is 11.6 Å². The highest BCUT2D eigenvalue weighted by Gasteiger charge is 2.29. The van der Waals surface area contributed by atoms with Crippen LogP contribution in [0.4, 0.5) is 8.78 Å². The van der Waals surface area contributed by atoms with E-state index in [0.717, 1.165) is 12.0 Å². The minimum absolute atomic E-state index is 0.359. The normalized spacial score (nSPS) is 11.4. The number of benzene rings is 1. The maximum absolute atomic E-state index is 12.6. The van der Waals surface area contributed by atoms with Gasteiger partial charge in [0.25, 0.3) is 0 Å². The molecule has 0 saturated heterocycles. The van der Waals surface area contributed by atoms with Crippen molar-refractivity contribution in [1.82, 2.24) is 0 Å². The van der Waals surface area contributed by atoms with Crippen molar-refractivity contribution in [2.45, 2.75) is 18.7 Å². The molecule has 0 aliphatic carbocycles. The molecule has 0 spiro atoms. The minimum Gasteiger partial charge on any atom is -0.183 e. The lowest BCUT2D eigenvalue weighted by atomic mass is 10.0. The molecule has 0 aliphatic rings. The summed E-state index contributed by atoms with van der Waals surface area (Å²) in [6.45, 7) is 5.27. The molecule has 0 unspecified atom stereocenters. The maximum Gasteiger partial charge on any atom is 0.348 e. The van der Waals surface area contributed by atoms with Gasteiger partial charge in [0, 0.05) is 5.57 Å².